The smallest absolute Gasteiger partial charge is 0.148 e. The summed E-state index contributed by atoms with van der Waals surface area (Å²) >= 11 is 1.74. The van der Waals surface area contributed by atoms with Crippen LogP contribution in [0, 0.1) is 13.8 Å². The second-order valence-corrected chi connectivity index (χ2v) is 5.51. The molecule has 86 valence electrons. The van der Waals surface area contributed by atoms with Gasteiger partial charge in [0.1, 0.15) is 5.82 Å². The zero-order chi connectivity index (χ0) is 12.0. The Labute approximate surface area is 103 Å². The number of imidazole rings is 1. The van der Waals surface area contributed by atoms with E-state index < -0.39 is 0 Å². The van der Waals surface area contributed by atoms with Crippen molar-refractivity contribution in [3.8, 4) is 10.7 Å². The second kappa shape index (κ2) is 3.60. The standard InChI is InChI=1S/C13H13N3S/c1-7-5-10-11(6-9(7)14)16-13(15-10)12-4-3-8(2)17-12/h3-6H,14H2,1-2H3,(H,15,16). The van der Waals surface area contributed by atoms with Gasteiger partial charge in [0.15, 0.2) is 0 Å². The van der Waals surface area contributed by atoms with Crippen LogP contribution in [0.15, 0.2) is 24.3 Å². The monoisotopic (exact) mass is 243 g/mol. The van der Waals surface area contributed by atoms with Gasteiger partial charge >= 0.3 is 0 Å². The topological polar surface area (TPSA) is 54.7 Å². The number of thiophene rings is 1. The first-order valence-corrected chi connectivity index (χ1v) is 6.28. The van der Waals surface area contributed by atoms with Gasteiger partial charge < -0.3 is 10.7 Å². The van der Waals surface area contributed by atoms with E-state index in [1.807, 2.05) is 19.1 Å². The normalized spacial score (nSPS) is 11.2. The van der Waals surface area contributed by atoms with Crippen molar-refractivity contribution < 1.29 is 0 Å². The Kier molecular flexibility index (Phi) is 2.19. The first-order chi connectivity index (χ1) is 8.13. The number of H-pyrrole nitrogens is 1. The molecule has 0 saturated heterocycles. The number of benzene rings is 1. The number of hydrogen-bond donors (Lipinski definition) is 2. The van der Waals surface area contributed by atoms with Gasteiger partial charge in [0.25, 0.3) is 0 Å². The van der Waals surface area contributed by atoms with Gasteiger partial charge in [0.2, 0.25) is 0 Å². The maximum atomic E-state index is 5.89. The molecule has 0 aliphatic carbocycles. The lowest BCUT2D eigenvalue weighted by atomic mass is 10.2. The number of nitrogen functional groups attached to an aromatic ring is 1. The number of anilines is 1. The Hall–Kier alpha value is -1.81. The molecule has 1 aromatic carbocycles. The molecule has 3 nitrogen and oxygen atoms in total. The Morgan fingerprint density at radius 2 is 2.06 bits per heavy atom. The van der Waals surface area contributed by atoms with Gasteiger partial charge in [-0.2, -0.15) is 0 Å². The molecular formula is C13H13N3S. The zero-order valence-electron chi connectivity index (χ0n) is 9.74. The van der Waals surface area contributed by atoms with E-state index >= 15 is 0 Å². The first kappa shape index (κ1) is 10.4. The molecule has 3 N–H and O–H groups in total. The maximum Gasteiger partial charge on any atom is 0.148 e. The van der Waals surface area contributed by atoms with Crippen molar-refractivity contribution in [2.75, 3.05) is 5.73 Å². The molecule has 0 radical (unpaired) electrons. The highest BCUT2D eigenvalue weighted by atomic mass is 32.1. The summed E-state index contributed by atoms with van der Waals surface area (Å²) in [4.78, 5) is 10.4. The average molecular weight is 243 g/mol. The predicted molar refractivity (Wildman–Crippen MR) is 73.3 cm³/mol. The van der Waals surface area contributed by atoms with Crippen molar-refractivity contribution in [1.82, 2.24) is 9.97 Å². The third-order valence-corrected chi connectivity index (χ3v) is 3.85. The SMILES string of the molecule is Cc1ccc(-c2nc3cc(N)c(C)cc3[nH]2)s1. The lowest BCUT2D eigenvalue weighted by molar-refractivity contribution is 1.36. The second-order valence-electron chi connectivity index (χ2n) is 4.22. The number of rotatable bonds is 1. The van der Waals surface area contributed by atoms with E-state index in [0.717, 1.165) is 33.0 Å². The van der Waals surface area contributed by atoms with E-state index in [4.69, 9.17) is 5.73 Å². The highest BCUT2D eigenvalue weighted by Crippen LogP contribution is 2.28. The van der Waals surface area contributed by atoms with Gasteiger partial charge in [-0.25, -0.2) is 4.98 Å². The quantitative estimate of drug-likeness (QED) is 0.643. The van der Waals surface area contributed by atoms with Gasteiger partial charge in [-0.1, -0.05) is 0 Å². The number of aryl methyl sites for hydroxylation is 2. The number of nitrogens with zero attached hydrogens (tertiary/aromatic N) is 1. The molecular weight excluding hydrogens is 230 g/mol. The van der Waals surface area contributed by atoms with Gasteiger partial charge in [-0.15, -0.1) is 11.3 Å². The van der Waals surface area contributed by atoms with Crippen molar-refractivity contribution in [3.63, 3.8) is 0 Å². The van der Waals surface area contributed by atoms with Crippen molar-refractivity contribution in [1.29, 1.82) is 0 Å². The fraction of sp³-hybridized carbons (Fsp3) is 0.154. The summed E-state index contributed by atoms with van der Waals surface area (Å²) in [7, 11) is 0. The average Bonchev–Trinajstić information content (AvgIpc) is 2.85. The third-order valence-electron chi connectivity index (χ3n) is 2.84. The Balaban J connectivity index is 2.19. The van der Waals surface area contributed by atoms with E-state index in [-0.39, 0.29) is 0 Å². The molecule has 3 aromatic rings. The van der Waals surface area contributed by atoms with Gasteiger partial charge in [0.05, 0.1) is 15.9 Å². The summed E-state index contributed by atoms with van der Waals surface area (Å²) in [6.07, 6.45) is 0. The van der Waals surface area contributed by atoms with E-state index in [1.54, 1.807) is 11.3 Å². The summed E-state index contributed by atoms with van der Waals surface area (Å²) in [5.41, 5.74) is 9.72. The van der Waals surface area contributed by atoms with Crippen LogP contribution in [-0.2, 0) is 0 Å². The van der Waals surface area contributed by atoms with Crippen LogP contribution in [-0.4, -0.2) is 9.97 Å². The maximum absolute atomic E-state index is 5.89. The van der Waals surface area contributed by atoms with Crippen LogP contribution in [0.3, 0.4) is 0 Å². The minimum atomic E-state index is 0.790. The van der Waals surface area contributed by atoms with Crippen LogP contribution in [0.4, 0.5) is 5.69 Å². The van der Waals surface area contributed by atoms with Crippen LogP contribution in [0.2, 0.25) is 0 Å². The number of hydrogen-bond acceptors (Lipinski definition) is 3. The summed E-state index contributed by atoms with van der Waals surface area (Å²) < 4.78 is 0. The molecule has 0 aliphatic rings. The highest BCUT2D eigenvalue weighted by molar-refractivity contribution is 7.15. The molecule has 3 rings (SSSR count). The first-order valence-electron chi connectivity index (χ1n) is 5.46. The number of aromatic nitrogens is 2. The summed E-state index contributed by atoms with van der Waals surface area (Å²) in [5.74, 6) is 0.920. The fourth-order valence-corrected chi connectivity index (χ4v) is 2.67. The summed E-state index contributed by atoms with van der Waals surface area (Å²) in [5, 5.41) is 0. The van der Waals surface area contributed by atoms with Gasteiger partial charge in [0, 0.05) is 10.6 Å². The van der Waals surface area contributed by atoms with Crippen LogP contribution in [0.25, 0.3) is 21.7 Å². The molecule has 4 heteroatoms. The summed E-state index contributed by atoms with van der Waals surface area (Å²) in [6, 6.07) is 8.16. The molecule has 0 aliphatic heterocycles. The Morgan fingerprint density at radius 3 is 2.76 bits per heavy atom. The minimum absolute atomic E-state index is 0.790. The van der Waals surface area contributed by atoms with E-state index in [1.165, 1.54) is 4.88 Å². The lowest BCUT2D eigenvalue weighted by Crippen LogP contribution is -1.88. The largest absolute Gasteiger partial charge is 0.398 e. The number of nitrogens with one attached hydrogen (secondary N) is 1. The van der Waals surface area contributed by atoms with Crippen LogP contribution >= 0.6 is 11.3 Å². The van der Waals surface area contributed by atoms with Crippen molar-refractivity contribution in [3.05, 3.63) is 34.7 Å². The van der Waals surface area contributed by atoms with Crippen LogP contribution < -0.4 is 5.73 Å². The number of nitrogens with two attached hydrogens (primary N) is 1. The van der Waals surface area contributed by atoms with Gasteiger partial charge in [-0.05, 0) is 43.7 Å². The molecule has 17 heavy (non-hydrogen) atoms. The van der Waals surface area contributed by atoms with E-state index in [0.29, 0.717) is 0 Å². The highest BCUT2D eigenvalue weighted by Gasteiger charge is 2.08. The molecule has 0 saturated carbocycles. The Bertz CT molecular complexity index is 655. The molecule has 0 bridgehead atoms. The van der Waals surface area contributed by atoms with Crippen molar-refractivity contribution >= 4 is 28.1 Å². The zero-order valence-corrected chi connectivity index (χ0v) is 10.6. The molecule has 0 atom stereocenters. The molecule has 0 spiro atoms. The molecule has 0 unspecified atom stereocenters. The van der Waals surface area contributed by atoms with E-state index in [9.17, 15) is 0 Å². The van der Waals surface area contributed by atoms with Crippen LogP contribution in [0.5, 0.6) is 0 Å². The van der Waals surface area contributed by atoms with Crippen LogP contribution in [0.1, 0.15) is 10.4 Å². The molecule has 2 heterocycles. The fourth-order valence-electron chi connectivity index (χ4n) is 1.86. The molecule has 0 fully saturated rings. The van der Waals surface area contributed by atoms with Crippen molar-refractivity contribution in [2.24, 2.45) is 0 Å². The third kappa shape index (κ3) is 1.70. The number of fused-ring (bicyclic) bond motifs is 1. The summed E-state index contributed by atoms with van der Waals surface area (Å²) in [6.45, 7) is 4.10. The predicted octanol–water partition coefficient (Wildman–Crippen LogP) is 3.49. The lowest BCUT2D eigenvalue weighted by Gasteiger charge is -1.97. The van der Waals surface area contributed by atoms with E-state index in [2.05, 4.69) is 29.0 Å². The Morgan fingerprint density at radius 1 is 1.24 bits per heavy atom. The number of aromatic amines is 1. The molecule has 0 amide bonds. The molecule has 2 aromatic heterocycles. The van der Waals surface area contributed by atoms with Crippen molar-refractivity contribution in [2.45, 2.75) is 13.8 Å². The minimum Gasteiger partial charge on any atom is -0.398 e. The van der Waals surface area contributed by atoms with Gasteiger partial charge in [-0.3, -0.25) is 0 Å².